The maximum absolute atomic E-state index is 11.5. The molecular formula is C20H17ClO5. The van der Waals surface area contributed by atoms with Crippen LogP contribution in [0, 0.1) is 6.92 Å². The Balaban J connectivity index is 1.50. The van der Waals surface area contributed by atoms with E-state index < -0.39 is 5.24 Å². The Labute approximate surface area is 155 Å². The SMILES string of the molecule is Cc1cc(=O)oc2cc(OCCCOc3ccc(C(=O)Cl)cc3)ccc12. The fourth-order valence-corrected chi connectivity index (χ4v) is 2.64. The van der Waals surface area contributed by atoms with Crippen molar-refractivity contribution in [2.45, 2.75) is 13.3 Å². The van der Waals surface area contributed by atoms with E-state index >= 15 is 0 Å². The Morgan fingerprint density at radius 1 is 1.00 bits per heavy atom. The number of hydrogen-bond acceptors (Lipinski definition) is 5. The number of rotatable bonds is 7. The van der Waals surface area contributed by atoms with Crippen molar-refractivity contribution in [1.82, 2.24) is 0 Å². The van der Waals surface area contributed by atoms with Crippen molar-refractivity contribution in [3.05, 3.63) is 70.1 Å². The third-order valence-electron chi connectivity index (χ3n) is 3.83. The van der Waals surface area contributed by atoms with E-state index in [0.29, 0.717) is 42.3 Å². The normalized spacial score (nSPS) is 10.7. The Bertz CT molecular complexity index is 976. The standard InChI is InChI=1S/C20H17ClO5/c1-13-11-19(22)26-18-12-16(7-8-17(13)18)25-10-2-9-24-15-5-3-14(4-6-15)20(21)23/h3-8,11-12H,2,9-10H2,1H3. The molecule has 0 amide bonds. The zero-order chi connectivity index (χ0) is 18.5. The molecule has 0 fully saturated rings. The molecule has 1 aromatic heterocycles. The van der Waals surface area contributed by atoms with Crippen LogP contribution in [0.1, 0.15) is 22.3 Å². The predicted octanol–water partition coefficient (Wildman–Crippen LogP) is 4.33. The molecule has 0 saturated carbocycles. The van der Waals surface area contributed by atoms with Crippen LogP contribution in [0.2, 0.25) is 0 Å². The summed E-state index contributed by atoms with van der Waals surface area (Å²) >= 11 is 5.39. The zero-order valence-electron chi connectivity index (χ0n) is 14.2. The second-order valence-electron chi connectivity index (χ2n) is 5.75. The first-order valence-electron chi connectivity index (χ1n) is 8.13. The van der Waals surface area contributed by atoms with Crippen LogP contribution in [0.25, 0.3) is 11.0 Å². The molecular weight excluding hydrogens is 356 g/mol. The Morgan fingerprint density at radius 2 is 1.65 bits per heavy atom. The second-order valence-corrected chi connectivity index (χ2v) is 6.10. The van der Waals surface area contributed by atoms with Gasteiger partial charge < -0.3 is 13.9 Å². The van der Waals surface area contributed by atoms with Crippen molar-refractivity contribution >= 4 is 27.8 Å². The number of halogens is 1. The van der Waals surface area contributed by atoms with Crippen LogP contribution in [-0.2, 0) is 0 Å². The average molecular weight is 373 g/mol. The van der Waals surface area contributed by atoms with Gasteiger partial charge in [0.15, 0.2) is 0 Å². The van der Waals surface area contributed by atoms with Gasteiger partial charge in [0.05, 0.1) is 13.2 Å². The van der Waals surface area contributed by atoms with Gasteiger partial charge in [0.25, 0.3) is 5.24 Å². The van der Waals surface area contributed by atoms with E-state index in [9.17, 15) is 9.59 Å². The van der Waals surface area contributed by atoms with Crippen molar-refractivity contribution in [2.75, 3.05) is 13.2 Å². The van der Waals surface area contributed by atoms with Crippen molar-refractivity contribution in [2.24, 2.45) is 0 Å². The van der Waals surface area contributed by atoms with Crippen molar-refractivity contribution in [3.8, 4) is 11.5 Å². The maximum atomic E-state index is 11.5. The Morgan fingerprint density at radius 3 is 2.35 bits per heavy atom. The number of hydrogen-bond donors (Lipinski definition) is 0. The smallest absolute Gasteiger partial charge is 0.336 e. The summed E-state index contributed by atoms with van der Waals surface area (Å²) in [4.78, 5) is 22.5. The summed E-state index contributed by atoms with van der Waals surface area (Å²) in [6.07, 6.45) is 0.673. The average Bonchev–Trinajstić information content (AvgIpc) is 2.61. The molecule has 0 spiro atoms. The molecule has 0 aliphatic heterocycles. The van der Waals surface area contributed by atoms with Gasteiger partial charge in [-0.15, -0.1) is 0 Å². The highest BCUT2D eigenvalue weighted by Gasteiger charge is 2.05. The highest BCUT2D eigenvalue weighted by atomic mass is 35.5. The van der Waals surface area contributed by atoms with Crippen LogP contribution in [0.3, 0.4) is 0 Å². The topological polar surface area (TPSA) is 65.7 Å². The predicted molar refractivity (Wildman–Crippen MR) is 99.5 cm³/mol. The van der Waals surface area contributed by atoms with Crippen LogP contribution >= 0.6 is 11.6 Å². The summed E-state index contributed by atoms with van der Waals surface area (Å²) < 4.78 is 16.5. The fourth-order valence-electron chi connectivity index (χ4n) is 2.52. The Hall–Kier alpha value is -2.79. The molecule has 0 radical (unpaired) electrons. The van der Waals surface area contributed by atoms with Crippen molar-refractivity contribution in [3.63, 3.8) is 0 Å². The molecule has 0 bridgehead atoms. The molecule has 0 N–H and O–H groups in total. The summed E-state index contributed by atoms with van der Waals surface area (Å²) in [5, 5.41) is 0.394. The fraction of sp³-hybridized carbons (Fsp3) is 0.200. The lowest BCUT2D eigenvalue weighted by Gasteiger charge is -2.09. The first-order chi connectivity index (χ1) is 12.5. The minimum absolute atomic E-state index is 0.373. The minimum atomic E-state index is -0.494. The quantitative estimate of drug-likeness (QED) is 0.351. The summed E-state index contributed by atoms with van der Waals surface area (Å²) in [6.45, 7) is 2.79. The van der Waals surface area contributed by atoms with Crippen LogP contribution in [-0.4, -0.2) is 18.5 Å². The lowest BCUT2D eigenvalue weighted by molar-refractivity contribution is 0.108. The largest absolute Gasteiger partial charge is 0.493 e. The molecule has 3 aromatic rings. The lowest BCUT2D eigenvalue weighted by atomic mass is 10.1. The minimum Gasteiger partial charge on any atom is -0.493 e. The first kappa shape index (κ1) is 18.0. The molecule has 0 saturated heterocycles. The maximum Gasteiger partial charge on any atom is 0.336 e. The molecule has 0 unspecified atom stereocenters. The van der Waals surface area contributed by atoms with Gasteiger partial charge in [-0.25, -0.2) is 4.79 Å². The van der Waals surface area contributed by atoms with Crippen LogP contribution in [0.15, 0.2) is 57.7 Å². The van der Waals surface area contributed by atoms with Gasteiger partial charge in [-0.3, -0.25) is 4.79 Å². The molecule has 0 aliphatic rings. The molecule has 0 atom stereocenters. The molecule has 26 heavy (non-hydrogen) atoms. The second kappa shape index (κ2) is 8.06. The van der Waals surface area contributed by atoms with Gasteiger partial charge >= 0.3 is 5.63 Å². The van der Waals surface area contributed by atoms with E-state index in [0.717, 1.165) is 10.9 Å². The van der Waals surface area contributed by atoms with E-state index in [2.05, 4.69) is 0 Å². The molecule has 0 aliphatic carbocycles. The molecule has 2 aromatic carbocycles. The monoisotopic (exact) mass is 372 g/mol. The highest BCUT2D eigenvalue weighted by molar-refractivity contribution is 6.67. The van der Waals surface area contributed by atoms with Gasteiger partial charge in [-0.1, -0.05) is 0 Å². The van der Waals surface area contributed by atoms with Crippen LogP contribution in [0.5, 0.6) is 11.5 Å². The molecule has 3 rings (SSSR count). The van der Waals surface area contributed by atoms with Crippen molar-refractivity contribution < 1.29 is 18.7 Å². The lowest BCUT2D eigenvalue weighted by Crippen LogP contribution is -2.05. The number of aryl methyl sites for hydroxylation is 1. The van der Waals surface area contributed by atoms with E-state index in [4.69, 9.17) is 25.5 Å². The van der Waals surface area contributed by atoms with Crippen LogP contribution < -0.4 is 15.1 Å². The first-order valence-corrected chi connectivity index (χ1v) is 8.51. The number of ether oxygens (including phenoxy) is 2. The summed E-state index contributed by atoms with van der Waals surface area (Å²) in [5.74, 6) is 1.30. The third-order valence-corrected chi connectivity index (χ3v) is 4.05. The van der Waals surface area contributed by atoms with Crippen LogP contribution in [0.4, 0.5) is 0 Å². The summed E-state index contributed by atoms with van der Waals surface area (Å²) in [6, 6.07) is 13.5. The molecule has 1 heterocycles. The van der Waals surface area contributed by atoms with E-state index in [1.807, 2.05) is 19.1 Å². The van der Waals surface area contributed by atoms with E-state index in [1.54, 1.807) is 30.3 Å². The number of benzene rings is 2. The molecule has 6 heteroatoms. The highest BCUT2D eigenvalue weighted by Crippen LogP contribution is 2.22. The zero-order valence-corrected chi connectivity index (χ0v) is 14.9. The third kappa shape index (κ3) is 4.43. The van der Waals surface area contributed by atoms with E-state index in [-0.39, 0.29) is 5.63 Å². The van der Waals surface area contributed by atoms with E-state index in [1.165, 1.54) is 6.07 Å². The number of fused-ring (bicyclic) bond motifs is 1. The summed E-state index contributed by atoms with van der Waals surface area (Å²) in [5.41, 5.74) is 1.44. The van der Waals surface area contributed by atoms with Gasteiger partial charge in [0, 0.05) is 29.5 Å². The van der Waals surface area contributed by atoms with Crippen molar-refractivity contribution in [1.29, 1.82) is 0 Å². The number of carbonyl (C=O) groups excluding carboxylic acids is 1. The number of carbonyl (C=O) groups is 1. The summed E-state index contributed by atoms with van der Waals surface area (Å²) in [7, 11) is 0. The van der Waals surface area contributed by atoms with Gasteiger partial charge in [0.2, 0.25) is 0 Å². The van der Waals surface area contributed by atoms with Gasteiger partial charge in [-0.05, 0) is 60.5 Å². The van der Waals surface area contributed by atoms with Gasteiger partial charge in [0.1, 0.15) is 17.1 Å². The Kier molecular flexibility index (Phi) is 5.58. The van der Waals surface area contributed by atoms with Gasteiger partial charge in [-0.2, -0.15) is 0 Å². The molecule has 5 nitrogen and oxygen atoms in total. The molecule has 134 valence electrons.